The lowest BCUT2D eigenvalue weighted by atomic mass is 9.97. The van der Waals surface area contributed by atoms with E-state index in [4.69, 9.17) is 10.5 Å². The summed E-state index contributed by atoms with van der Waals surface area (Å²) >= 11 is 0. The summed E-state index contributed by atoms with van der Waals surface area (Å²) in [4.78, 5) is 11.4. The number of rotatable bonds is 3. The zero-order chi connectivity index (χ0) is 12.2. The molecule has 0 saturated heterocycles. The van der Waals surface area contributed by atoms with Gasteiger partial charge in [0.15, 0.2) is 0 Å². The van der Waals surface area contributed by atoms with Crippen molar-refractivity contribution >= 4 is 6.09 Å². The minimum Gasteiger partial charge on any atom is -0.449 e. The second-order valence-electron chi connectivity index (χ2n) is 5.66. The van der Waals surface area contributed by atoms with Crippen molar-refractivity contribution in [2.75, 3.05) is 13.2 Å². The van der Waals surface area contributed by atoms with Crippen LogP contribution in [0.25, 0.3) is 0 Å². The predicted octanol–water partition coefficient (Wildman–Crippen LogP) is 1.89. The predicted molar refractivity (Wildman–Crippen MR) is 64.1 cm³/mol. The molecule has 1 fully saturated rings. The van der Waals surface area contributed by atoms with E-state index in [9.17, 15) is 4.79 Å². The molecular formula is C12H24N2O2. The van der Waals surface area contributed by atoms with Crippen molar-refractivity contribution in [3.8, 4) is 0 Å². The van der Waals surface area contributed by atoms with Gasteiger partial charge in [-0.05, 0) is 52.0 Å². The van der Waals surface area contributed by atoms with Gasteiger partial charge in [-0.1, -0.05) is 6.42 Å². The number of alkyl carbamates (subject to hydrolysis) is 1. The van der Waals surface area contributed by atoms with Gasteiger partial charge in [-0.25, -0.2) is 4.79 Å². The summed E-state index contributed by atoms with van der Waals surface area (Å²) in [6, 6.07) is 0. The number of hydrogen-bond donors (Lipinski definition) is 2. The summed E-state index contributed by atoms with van der Waals surface area (Å²) in [6.07, 6.45) is 3.18. The van der Waals surface area contributed by atoms with Crippen molar-refractivity contribution in [1.29, 1.82) is 0 Å². The molecule has 1 aliphatic carbocycles. The molecule has 4 nitrogen and oxygen atoms in total. The Morgan fingerprint density at radius 2 is 2.00 bits per heavy atom. The highest BCUT2D eigenvalue weighted by Crippen LogP contribution is 2.30. The molecule has 0 aromatic rings. The van der Waals surface area contributed by atoms with Gasteiger partial charge in [0, 0.05) is 5.54 Å². The Labute approximate surface area is 97.9 Å². The van der Waals surface area contributed by atoms with Crippen molar-refractivity contribution in [3.05, 3.63) is 0 Å². The van der Waals surface area contributed by atoms with Crippen LogP contribution < -0.4 is 11.1 Å². The zero-order valence-electron chi connectivity index (χ0n) is 10.6. The van der Waals surface area contributed by atoms with Gasteiger partial charge in [-0.2, -0.15) is 0 Å². The lowest BCUT2D eigenvalue weighted by Crippen LogP contribution is -2.41. The molecule has 94 valence electrons. The molecule has 0 radical (unpaired) electrons. The number of nitrogens with two attached hydrogens (primary N) is 1. The van der Waals surface area contributed by atoms with E-state index in [0.29, 0.717) is 25.0 Å². The third-order valence-corrected chi connectivity index (χ3v) is 3.02. The highest BCUT2D eigenvalue weighted by atomic mass is 16.5. The maximum atomic E-state index is 11.4. The van der Waals surface area contributed by atoms with Crippen LogP contribution in [0.1, 0.15) is 40.0 Å². The SMILES string of the molecule is CC(C)(C)NC(=O)OCC1CCCC1CN. The summed E-state index contributed by atoms with van der Waals surface area (Å²) in [6.45, 7) is 7.02. The topological polar surface area (TPSA) is 64.3 Å². The Kier molecular flexibility index (Phi) is 4.59. The van der Waals surface area contributed by atoms with Crippen LogP contribution in [-0.2, 0) is 4.74 Å². The first-order valence-electron chi connectivity index (χ1n) is 6.07. The maximum Gasteiger partial charge on any atom is 0.407 e. The van der Waals surface area contributed by atoms with Gasteiger partial charge >= 0.3 is 6.09 Å². The van der Waals surface area contributed by atoms with Crippen LogP contribution in [0.2, 0.25) is 0 Å². The Morgan fingerprint density at radius 1 is 1.38 bits per heavy atom. The second-order valence-corrected chi connectivity index (χ2v) is 5.66. The lowest BCUT2D eigenvalue weighted by Gasteiger charge is -2.22. The fraction of sp³-hybridized carbons (Fsp3) is 0.917. The summed E-state index contributed by atoms with van der Waals surface area (Å²) in [7, 11) is 0. The third-order valence-electron chi connectivity index (χ3n) is 3.02. The summed E-state index contributed by atoms with van der Waals surface area (Å²) < 4.78 is 5.23. The number of nitrogens with one attached hydrogen (secondary N) is 1. The molecule has 16 heavy (non-hydrogen) atoms. The number of carbonyl (C=O) groups excluding carboxylic acids is 1. The average Bonchev–Trinajstić information content (AvgIpc) is 2.59. The number of ether oxygens (including phenoxy) is 1. The lowest BCUT2D eigenvalue weighted by molar-refractivity contribution is 0.111. The molecule has 3 N–H and O–H groups in total. The molecule has 1 saturated carbocycles. The molecule has 2 unspecified atom stereocenters. The number of amides is 1. The molecule has 0 spiro atoms. The molecule has 1 rings (SSSR count). The van der Waals surface area contributed by atoms with Gasteiger partial charge in [-0.15, -0.1) is 0 Å². The summed E-state index contributed by atoms with van der Waals surface area (Å²) in [5.41, 5.74) is 5.44. The third kappa shape index (κ3) is 4.39. The van der Waals surface area contributed by atoms with Gasteiger partial charge in [0.1, 0.15) is 0 Å². The maximum absolute atomic E-state index is 11.4. The van der Waals surface area contributed by atoms with Crippen molar-refractivity contribution in [1.82, 2.24) is 5.32 Å². The standard InChI is InChI=1S/C12H24N2O2/c1-12(2,3)14-11(15)16-8-10-6-4-5-9(10)7-13/h9-10H,4-8,13H2,1-3H3,(H,14,15). The van der Waals surface area contributed by atoms with Gasteiger partial charge in [-0.3, -0.25) is 0 Å². The Balaban J connectivity index is 2.26. The molecular weight excluding hydrogens is 204 g/mol. The number of hydrogen-bond acceptors (Lipinski definition) is 3. The first kappa shape index (κ1) is 13.3. The van der Waals surface area contributed by atoms with E-state index in [-0.39, 0.29) is 11.6 Å². The summed E-state index contributed by atoms with van der Waals surface area (Å²) in [5, 5.41) is 2.78. The molecule has 0 aliphatic heterocycles. The molecule has 1 aliphatic rings. The van der Waals surface area contributed by atoms with Crippen molar-refractivity contribution < 1.29 is 9.53 Å². The highest BCUT2D eigenvalue weighted by Gasteiger charge is 2.27. The molecule has 1 amide bonds. The molecule has 0 aromatic heterocycles. The van der Waals surface area contributed by atoms with E-state index in [0.717, 1.165) is 6.42 Å². The van der Waals surface area contributed by atoms with Crippen LogP contribution in [0.15, 0.2) is 0 Å². The molecule has 0 aromatic carbocycles. The van der Waals surface area contributed by atoms with Crippen LogP contribution in [0.4, 0.5) is 4.79 Å². The fourth-order valence-electron chi connectivity index (χ4n) is 2.17. The van der Waals surface area contributed by atoms with Crippen LogP contribution in [0.3, 0.4) is 0 Å². The first-order chi connectivity index (χ1) is 7.42. The zero-order valence-corrected chi connectivity index (χ0v) is 10.6. The largest absolute Gasteiger partial charge is 0.449 e. The van der Waals surface area contributed by atoms with E-state index in [1.165, 1.54) is 12.8 Å². The van der Waals surface area contributed by atoms with E-state index in [1.807, 2.05) is 20.8 Å². The normalized spacial score (nSPS) is 25.5. The Morgan fingerprint density at radius 3 is 2.56 bits per heavy atom. The Hall–Kier alpha value is -0.770. The monoisotopic (exact) mass is 228 g/mol. The van der Waals surface area contributed by atoms with E-state index >= 15 is 0 Å². The van der Waals surface area contributed by atoms with E-state index in [1.54, 1.807) is 0 Å². The second kappa shape index (κ2) is 5.53. The molecule has 0 bridgehead atoms. The fourth-order valence-corrected chi connectivity index (χ4v) is 2.17. The van der Waals surface area contributed by atoms with Crippen LogP contribution in [0.5, 0.6) is 0 Å². The van der Waals surface area contributed by atoms with Gasteiger partial charge in [0.05, 0.1) is 6.61 Å². The van der Waals surface area contributed by atoms with Crippen molar-refractivity contribution in [2.45, 2.75) is 45.6 Å². The van der Waals surface area contributed by atoms with Gasteiger partial charge in [0.25, 0.3) is 0 Å². The van der Waals surface area contributed by atoms with Crippen molar-refractivity contribution in [3.63, 3.8) is 0 Å². The van der Waals surface area contributed by atoms with Crippen LogP contribution in [0, 0.1) is 11.8 Å². The van der Waals surface area contributed by atoms with E-state index < -0.39 is 0 Å². The minimum absolute atomic E-state index is 0.236. The molecule has 2 atom stereocenters. The average molecular weight is 228 g/mol. The van der Waals surface area contributed by atoms with Crippen molar-refractivity contribution in [2.24, 2.45) is 17.6 Å². The van der Waals surface area contributed by atoms with E-state index in [2.05, 4.69) is 5.32 Å². The smallest absolute Gasteiger partial charge is 0.407 e. The number of carbonyl (C=O) groups is 1. The van der Waals surface area contributed by atoms with Gasteiger partial charge in [0.2, 0.25) is 0 Å². The quantitative estimate of drug-likeness (QED) is 0.775. The molecule has 0 heterocycles. The highest BCUT2D eigenvalue weighted by molar-refractivity contribution is 5.68. The summed E-state index contributed by atoms with van der Waals surface area (Å²) in [5.74, 6) is 0.984. The van der Waals surface area contributed by atoms with Crippen LogP contribution >= 0.6 is 0 Å². The van der Waals surface area contributed by atoms with Gasteiger partial charge < -0.3 is 15.8 Å². The minimum atomic E-state index is -0.324. The molecule has 4 heteroatoms. The van der Waals surface area contributed by atoms with Crippen LogP contribution in [-0.4, -0.2) is 24.8 Å². The Bertz CT molecular complexity index is 236. The first-order valence-corrected chi connectivity index (χ1v) is 6.07.